The molecule has 6 heteroatoms. The number of esters is 1. The number of thioether (sulfide) groups is 1. The van der Waals surface area contributed by atoms with Crippen LogP contribution in [0.3, 0.4) is 0 Å². The minimum Gasteiger partial charge on any atom is -0.468 e. The van der Waals surface area contributed by atoms with Gasteiger partial charge in [0.25, 0.3) is 5.91 Å². The molecular weight excluding hydrogens is 252 g/mol. The Morgan fingerprint density at radius 1 is 1.50 bits per heavy atom. The highest BCUT2D eigenvalue weighted by molar-refractivity contribution is 8.00. The maximum absolute atomic E-state index is 12.2. The minimum absolute atomic E-state index is 0.134. The highest BCUT2D eigenvalue weighted by Crippen LogP contribution is 2.20. The van der Waals surface area contributed by atoms with Gasteiger partial charge in [-0.2, -0.15) is 0 Å². The van der Waals surface area contributed by atoms with Crippen molar-refractivity contribution in [3.05, 3.63) is 30.1 Å². The number of rotatable bonds is 2. The molecule has 1 amide bonds. The molecule has 1 aliphatic heterocycles. The summed E-state index contributed by atoms with van der Waals surface area (Å²) in [5.41, 5.74) is 0.410. The number of carbonyl (C=O) groups excluding carboxylic acids is 2. The fourth-order valence-electron chi connectivity index (χ4n) is 1.76. The zero-order valence-electron chi connectivity index (χ0n) is 10.0. The number of aromatic nitrogens is 1. The van der Waals surface area contributed by atoms with Gasteiger partial charge in [-0.1, -0.05) is 6.07 Å². The molecule has 1 fully saturated rings. The summed E-state index contributed by atoms with van der Waals surface area (Å²) in [5.74, 6) is 0.321. The lowest BCUT2D eigenvalue weighted by molar-refractivity contribution is -0.140. The van der Waals surface area contributed by atoms with E-state index in [1.165, 1.54) is 18.9 Å². The average molecular weight is 266 g/mol. The molecule has 1 atom stereocenters. The van der Waals surface area contributed by atoms with E-state index in [0.717, 1.165) is 5.75 Å². The molecule has 0 unspecified atom stereocenters. The van der Waals surface area contributed by atoms with Gasteiger partial charge in [-0.3, -0.25) is 14.6 Å². The maximum atomic E-state index is 12.2. The van der Waals surface area contributed by atoms with Crippen LogP contribution in [0.1, 0.15) is 10.5 Å². The van der Waals surface area contributed by atoms with Crippen molar-refractivity contribution < 1.29 is 14.3 Å². The van der Waals surface area contributed by atoms with Gasteiger partial charge in [0.05, 0.1) is 7.11 Å². The SMILES string of the molecule is COC(=O)[C@H]1CN(C(=O)c2ccccn2)CCS1. The Kier molecular flexibility index (Phi) is 4.19. The highest BCUT2D eigenvalue weighted by Gasteiger charge is 2.30. The first kappa shape index (κ1) is 12.9. The molecular formula is C12H14N2O3S. The summed E-state index contributed by atoms with van der Waals surface area (Å²) in [6.45, 7) is 1.01. The van der Waals surface area contributed by atoms with Gasteiger partial charge in [0.15, 0.2) is 0 Å². The van der Waals surface area contributed by atoms with Crippen molar-refractivity contribution in [2.75, 3.05) is 26.0 Å². The summed E-state index contributed by atoms with van der Waals surface area (Å²) < 4.78 is 4.71. The van der Waals surface area contributed by atoms with Crippen LogP contribution in [-0.4, -0.2) is 53.0 Å². The Hall–Kier alpha value is -1.56. The largest absolute Gasteiger partial charge is 0.468 e. The molecule has 1 saturated heterocycles. The Morgan fingerprint density at radius 3 is 3.00 bits per heavy atom. The van der Waals surface area contributed by atoms with Crippen molar-refractivity contribution in [3.8, 4) is 0 Å². The summed E-state index contributed by atoms with van der Waals surface area (Å²) in [6, 6.07) is 5.22. The van der Waals surface area contributed by atoms with E-state index in [9.17, 15) is 9.59 Å². The second-order valence-electron chi connectivity index (χ2n) is 3.85. The molecule has 0 saturated carbocycles. The van der Waals surface area contributed by atoms with Crippen LogP contribution in [0.15, 0.2) is 24.4 Å². The van der Waals surface area contributed by atoms with Crippen LogP contribution in [0, 0.1) is 0 Å². The first-order valence-corrected chi connectivity index (χ1v) is 6.67. The molecule has 0 N–H and O–H groups in total. The third kappa shape index (κ3) is 2.81. The van der Waals surface area contributed by atoms with Gasteiger partial charge in [0.2, 0.25) is 0 Å². The van der Waals surface area contributed by atoms with Crippen LogP contribution in [0.4, 0.5) is 0 Å². The highest BCUT2D eigenvalue weighted by atomic mass is 32.2. The van der Waals surface area contributed by atoms with Crippen molar-refractivity contribution >= 4 is 23.6 Å². The summed E-state index contributed by atoms with van der Waals surface area (Å²) >= 11 is 1.52. The van der Waals surface area contributed by atoms with Crippen molar-refractivity contribution in [2.24, 2.45) is 0 Å². The fourth-order valence-corrected chi connectivity index (χ4v) is 2.89. The van der Waals surface area contributed by atoms with Crippen molar-refractivity contribution in [3.63, 3.8) is 0 Å². The Bertz CT molecular complexity index is 438. The summed E-state index contributed by atoms with van der Waals surface area (Å²) in [6.07, 6.45) is 1.59. The predicted octanol–water partition coefficient (Wildman–Crippen LogP) is 0.812. The molecule has 0 aromatic carbocycles. The topological polar surface area (TPSA) is 59.5 Å². The standard InChI is InChI=1S/C12H14N2O3S/c1-17-12(16)10-8-14(6-7-18-10)11(15)9-4-2-3-5-13-9/h2-5,10H,6-8H2,1H3/t10-/m1/s1. The number of nitrogens with zero attached hydrogens (tertiary/aromatic N) is 2. The first-order chi connectivity index (χ1) is 8.72. The zero-order valence-corrected chi connectivity index (χ0v) is 10.9. The van der Waals surface area contributed by atoms with E-state index < -0.39 is 0 Å². The number of pyridine rings is 1. The van der Waals surface area contributed by atoms with Crippen LogP contribution in [-0.2, 0) is 9.53 Å². The first-order valence-electron chi connectivity index (χ1n) is 5.62. The quantitative estimate of drug-likeness (QED) is 0.741. The second-order valence-corrected chi connectivity index (χ2v) is 5.16. The summed E-state index contributed by atoms with van der Waals surface area (Å²) in [5, 5.41) is -0.295. The van der Waals surface area contributed by atoms with Gasteiger partial charge in [-0.15, -0.1) is 11.8 Å². The van der Waals surface area contributed by atoms with Gasteiger partial charge in [0, 0.05) is 25.0 Å². The molecule has 1 aromatic rings. The molecule has 0 bridgehead atoms. The van der Waals surface area contributed by atoms with Gasteiger partial charge in [-0.05, 0) is 12.1 Å². The molecule has 18 heavy (non-hydrogen) atoms. The third-order valence-corrected chi connectivity index (χ3v) is 3.86. The van der Waals surface area contributed by atoms with Crippen LogP contribution in [0.25, 0.3) is 0 Å². The van der Waals surface area contributed by atoms with Crippen molar-refractivity contribution in [1.29, 1.82) is 0 Å². The van der Waals surface area contributed by atoms with Crippen LogP contribution < -0.4 is 0 Å². The molecule has 0 aliphatic carbocycles. The van der Waals surface area contributed by atoms with Crippen LogP contribution in [0.2, 0.25) is 0 Å². The maximum Gasteiger partial charge on any atom is 0.320 e. The van der Waals surface area contributed by atoms with Gasteiger partial charge >= 0.3 is 5.97 Å². The van der Waals surface area contributed by atoms with Gasteiger partial charge in [0.1, 0.15) is 10.9 Å². The van der Waals surface area contributed by atoms with Gasteiger partial charge in [-0.25, -0.2) is 0 Å². The molecule has 2 heterocycles. The second kappa shape index (κ2) is 5.86. The van der Waals surface area contributed by atoms with E-state index >= 15 is 0 Å². The predicted molar refractivity (Wildman–Crippen MR) is 68.4 cm³/mol. The number of methoxy groups -OCH3 is 1. The third-order valence-electron chi connectivity index (χ3n) is 2.70. The monoisotopic (exact) mass is 266 g/mol. The van der Waals surface area contributed by atoms with E-state index in [-0.39, 0.29) is 17.1 Å². The molecule has 0 radical (unpaired) electrons. The van der Waals surface area contributed by atoms with E-state index in [1.807, 2.05) is 0 Å². The number of ether oxygens (including phenoxy) is 1. The molecule has 1 aromatic heterocycles. The lowest BCUT2D eigenvalue weighted by Crippen LogP contribution is -2.45. The lowest BCUT2D eigenvalue weighted by Gasteiger charge is -2.30. The van der Waals surface area contributed by atoms with Crippen molar-refractivity contribution in [1.82, 2.24) is 9.88 Å². The molecule has 5 nitrogen and oxygen atoms in total. The van der Waals surface area contributed by atoms with Gasteiger partial charge < -0.3 is 9.64 Å². The van der Waals surface area contributed by atoms with Crippen molar-refractivity contribution in [2.45, 2.75) is 5.25 Å². The smallest absolute Gasteiger partial charge is 0.320 e. The Balaban J connectivity index is 2.05. The lowest BCUT2D eigenvalue weighted by atomic mass is 10.3. The molecule has 2 rings (SSSR count). The number of hydrogen-bond acceptors (Lipinski definition) is 5. The van der Waals surface area contributed by atoms with E-state index in [0.29, 0.717) is 18.8 Å². The minimum atomic E-state index is -0.295. The fraction of sp³-hybridized carbons (Fsp3) is 0.417. The normalized spacial score (nSPS) is 19.4. The van der Waals surface area contributed by atoms with E-state index in [4.69, 9.17) is 4.74 Å². The summed E-state index contributed by atoms with van der Waals surface area (Å²) in [7, 11) is 1.36. The number of amides is 1. The zero-order chi connectivity index (χ0) is 13.0. The Labute approximate surface area is 110 Å². The number of hydrogen-bond donors (Lipinski definition) is 0. The molecule has 0 spiro atoms. The Morgan fingerprint density at radius 2 is 2.33 bits per heavy atom. The van der Waals surface area contributed by atoms with E-state index in [2.05, 4.69) is 4.98 Å². The van der Waals surface area contributed by atoms with E-state index in [1.54, 1.807) is 29.3 Å². The van der Waals surface area contributed by atoms with Crippen LogP contribution >= 0.6 is 11.8 Å². The summed E-state index contributed by atoms with van der Waals surface area (Å²) in [4.78, 5) is 29.3. The number of carbonyl (C=O) groups is 2. The molecule has 1 aliphatic rings. The van der Waals surface area contributed by atoms with Crippen LogP contribution in [0.5, 0.6) is 0 Å². The average Bonchev–Trinajstić information content (AvgIpc) is 2.46. The molecule has 96 valence electrons.